The van der Waals surface area contributed by atoms with Gasteiger partial charge in [0, 0.05) is 37.1 Å². The minimum absolute atomic E-state index is 0. The van der Waals surface area contributed by atoms with Crippen molar-refractivity contribution in [2.75, 3.05) is 6.54 Å². The van der Waals surface area contributed by atoms with Crippen molar-refractivity contribution >= 4 is 17.3 Å². The molecule has 0 fully saturated rings. The molecule has 1 aromatic heterocycles. The molecule has 4 rings (SSSR count). The van der Waals surface area contributed by atoms with Crippen LogP contribution in [-0.4, -0.2) is 38.1 Å². The highest BCUT2D eigenvalue weighted by atomic mass is 16.1. The second-order valence-electron chi connectivity index (χ2n) is 8.95. The summed E-state index contributed by atoms with van der Waals surface area (Å²) < 4.78 is 1.87. The lowest BCUT2D eigenvalue weighted by Crippen LogP contribution is -2.38. The van der Waals surface area contributed by atoms with Gasteiger partial charge in [-0.25, -0.2) is 4.68 Å². The number of nitrogens with zero attached hydrogens (tertiary/aromatic N) is 4. The highest BCUT2D eigenvalue weighted by molar-refractivity contribution is 5.75. The Kier molecular flexibility index (Phi) is 11.7. The molecule has 37 heavy (non-hydrogen) atoms. The molecule has 198 valence electrons. The van der Waals surface area contributed by atoms with Gasteiger partial charge >= 0.3 is 0 Å². The van der Waals surface area contributed by atoms with Crippen molar-refractivity contribution in [1.29, 1.82) is 0 Å². The van der Waals surface area contributed by atoms with Crippen LogP contribution in [0.25, 0.3) is 17.0 Å². The summed E-state index contributed by atoms with van der Waals surface area (Å²) in [4.78, 5) is 21.9. The number of ketones is 2. The van der Waals surface area contributed by atoms with Crippen molar-refractivity contribution in [2.45, 2.75) is 67.3 Å². The maximum atomic E-state index is 11.0. The van der Waals surface area contributed by atoms with Gasteiger partial charge in [-0.1, -0.05) is 73.3 Å². The van der Waals surface area contributed by atoms with Crippen molar-refractivity contribution < 1.29 is 9.59 Å². The van der Waals surface area contributed by atoms with Crippen LogP contribution < -0.4 is 11.0 Å². The Bertz CT molecular complexity index is 1170. The van der Waals surface area contributed by atoms with Gasteiger partial charge in [0.15, 0.2) is 0 Å². The molecule has 8 heteroatoms. The van der Waals surface area contributed by atoms with Gasteiger partial charge in [0.25, 0.3) is 0 Å². The molecule has 0 radical (unpaired) electrons. The molecular formula is C29H40N6O2. The summed E-state index contributed by atoms with van der Waals surface area (Å²) in [7, 11) is 0. The number of Topliss-reactive ketones (excluding diaryl/α,β-unsaturated/α-hetero) is 2. The summed E-state index contributed by atoms with van der Waals surface area (Å²) >= 11 is 0. The van der Waals surface area contributed by atoms with Gasteiger partial charge < -0.3 is 15.0 Å². The average Bonchev–Trinajstić information content (AvgIpc) is 3.42. The zero-order valence-corrected chi connectivity index (χ0v) is 21.6. The van der Waals surface area contributed by atoms with E-state index >= 15 is 0 Å². The lowest BCUT2D eigenvalue weighted by Gasteiger charge is -2.21. The topological polar surface area (TPSA) is 92.2 Å². The van der Waals surface area contributed by atoms with Crippen LogP contribution in [0.15, 0.2) is 66.4 Å². The summed E-state index contributed by atoms with van der Waals surface area (Å²) in [5, 5.41) is 10.4. The summed E-state index contributed by atoms with van der Waals surface area (Å²) in [6, 6.07) is 20.3. The van der Waals surface area contributed by atoms with Crippen molar-refractivity contribution in [2.24, 2.45) is 0 Å². The van der Waals surface area contributed by atoms with E-state index in [2.05, 4.69) is 38.4 Å². The first kappa shape index (κ1) is 29.5. The largest absolute Gasteiger partial charge is 0.306 e. The Balaban J connectivity index is 0.000000253. The lowest BCUT2D eigenvalue weighted by atomic mass is 10.1. The number of benzene rings is 2. The highest BCUT2D eigenvalue weighted by Crippen LogP contribution is 2.24. The monoisotopic (exact) mass is 504 g/mol. The fraction of sp³-hybridized carbons (Fsp3) is 0.379. The van der Waals surface area contributed by atoms with E-state index < -0.39 is 0 Å². The zero-order valence-electron chi connectivity index (χ0n) is 21.6. The number of aryl methyl sites for hydroxylation is 1. The van der Waals surface area contributed by atoms with E-state index in [0.717, 1.165) is 54.3 Å². The molecule has 0 saturated carbocycles. The average molecular weight is 505 g/mol. The first-order valence-corrected chi connectivity index (χ1v) is 12.4. The predicted octanol–water partition coefficient (Wildman–Crippen LogP) is 5.33. The van der Waals surface area contributed by atoms with Crippen LogP contribution in [0.2, 0.25) is 0 Å². The Hall–Kier alpha value is -3.78. The van der Waals surface area contributed by atoms with Crippen LogP contribution in [0.1, 0.15) is 65.1 Å². The Morgan fingerprint density at radius 2 is 1.35 bits per heavy atom. The van der Waals surface area contributed by atoms with Crippen LogP contribution in [0.3, 0.4) is 0 Å². The first-order valence-electron chi connectivity index (χ1n) is 12.4. The van der Waals surface area contributed by atoms with Crippen molar-refractivity contribution in [3.05, 3.63) is 77.6 Å². The molecule has 1 aliphatic rings. The standard InChI is InChI=1S/C14H17N3O.C14H19N3O.CH4/c1-11(18)7-6-10-17-12(2)14(15-16-17)13-8-4-3-5-9-13;1-11(18)7-6-10-17-14(12(2)15-16-17)13-8-4-3-5-9-13;/h3-5,8-9H,6-7,10H2,1-2H3;3-5,8-9,15-16H,6-7,10H2,1-2H3;1H4. The molecule has 0 unspecified atom stereocenters. The quantitative estimate of drug-likeness (QED) is 0.386. The number of allylic oxidation sites excluding steroid dienone is 1. The Morgan fingerprint density at radius 1 is 0.811 bits per heavy atom. The van der Waals surface area contributed by atoms with E-state index in [1.165, 1.54) is 5.56 Å². The second kappa shape index (κ2) is 14.7. The van der Waals surface area contributed by atoms with Gasteiger partial charge in [0.2, 0.25) is 0 Å². The molecule has 0 aliphatic carbocycles. The molecule has 3 aromatic rings. The maximum absolute atomic E-state index is 11.0. The van der Waals surface area contributed by atoms with Gasteiger partial charge in [-0.3, -0.25) is 5.01 Å². The smallest absolute Gasteiger partial charge is 0.129 e. The third kappa shape index (κ3) is 8.68. The zero-order chi connectivity index (χ0) is 25.9. The summed E-state index contributed by atoms with van der Waals surface area (Å²) in [6.45, 7) is 8.86. The van der Waals surface area contributed by atoms with E-state index in [1.807, 2.05) is 67.1 Å². The first-order chi connectivity index (χ1) is 17.4. The molecule has 0 spiro atoms. The molecule has 2 N–H and O–H groups in total. The lowest BCUT2D eigenvalue weighted by molar-refractivity contribution is -0.118. The summed E-state index contributed by atoms with van der Waals surface area (Å²) in [5.41, 5.74) is 12.7. The highest BCUT2D eigenvalue weighted by Gasteiger charge is 2.20. The van der Waals surface area contributed by atoms with Crippen molar-refractivity contribution in [3.8, 4) is 11.3 Å². The number of carbonyl (C=O) groups excluding carboxylic acids is 2. The molecule has 0 saturated heterocycles. The van der Waals surface area contributed by atoms with Crippen LogP contribution in [0.4, 0.5) is 0 Å². The summed E-state index contributed by atoms with van der Waals surface area (Å²) in [6.07, 6.45) is 2.89. The number of nitrogens with one attached hydrogen (secondary N) is 2. The third-order valence-electron chi connectivity index (χ3n) is 5.89. The number of hydrogen-bond donors (Lipinski definition) is 2. The summed E-state index contributed by atoms with van der Waals surface area (Å²) in [5.74, 6) is 0.458. The fourth-order valence-electron chi connectivity index (χ4n) is 4.00. The molecule has 2 heterocycles. The van der Waals surface area contributed by atoms with Gasteiger partial charge in [-0.05, 0) is 40.5 Å². The maximum Gasteiger partial charge on any atom is 0.129 e. The van der Waals surface area contributed by atoms with Crippen molar-refractivity contribution in [1.82, 2.24) is 31.0 Å². The number of carbonyl (C=O) groups is 2. The van der Waals surface area contributed by atoms with Crippen LogP contribution in [-0.2, 0) is 16.1 Å². The molecule has 0 atom stereocenters. The molecule has 0 amide bonds. The number of rotatable bonds is 10. The molecule has 8 nitrogen and oxygen atoms in total. The van der Waals surface area contributed by atoms with Gasteiger partial charge in [-0.2, -0.15) is 0 Å². The molecule has 0 bridgehead atoms. The minimum atomic E-state index is 0. The second-order valence-corrected chi connectivity index (χ2v) is 8.95. The fourth-order valence-corrected chi connectivity index (χ4v) is 4.00. The predicted molar refractivity (Wildman–Crippen MR) is 149 cm³/mol. The van der Waals surface area contributed by atoms with E-state index in [4.69, 9.17) is 0 Å². The van der Waals surface area contributed by atoms with Gasteiger partial charge in [0.05, 0.1) is 17.1 Å². The third-order valence-corrected chi connectivity index (χ3v) is 5.89. The van der Waals surface area contributed by atoms with E-state index in [-0.39, 0.29) is 19.0 Å². The Labute approximate surface area is 220 Å². The SMILES string of the molecule is C.CC(=O)CCCN1NNC(C)=C1c1ccccc1.CC(=O)CCCn1nnc(-c2ccccc2)c1C. The molecule has 1 aliphatic heterocycles. The minimum Gasteiger partial charge on any atom is -0.306 e. The Morgan fingerprint density at radius 3 is 1.92 bits per heavy atom. The molecule has 2 aromatic carbocycles. The van der Waals surface area contributed by atoms with E-state index in [0.29, 0.717) is 12.8 Å². The van der Waals surface area contributed by atoms with Crippen LogP contribution in [0, 0.1) is 6.92 Å². The number of aromatic nitrogens is 3. The normalized spacial score (nSPS) is 12.4. The number of hydrazine groups is 2. The van der Waals surface area contributed by atoms with Crippen molar-refractivity contribution in [3.63, 3.8) is 0 Å². The van der Waals surface area contributed by atoms with E-state index in [9.17, 15) is 9.59 Å². The molecular weight excluding hydrogens is 464 g/mol. The number of hydrogen-bond acceptors (Lipinski definition) is 7. The van der Waals surface area contributed by atoms with Crippen LogP contribution in [0.5, 0.6) is 0 Å². The van der Waals surface area contributed by atoms with Crippen LogP contribution >= 0.6 is 0 Å². The van der Waals surface area contributed by atoms with Gasteiger partial charge in [-0.15, -0.1) is 10.6 Å². The van der Waals surface area contributed by atoms with E-state index in [1.54, 1.807) is 13.8 Å². The van der Waals surface area contributed by atoms with Gasteiger partial charge in [0.1, 0.15) is 17.3 Å².